The molecule has 0 bridgehead atoms. The first-order chi connectivity index (χ1) is 15.4. The minimum atomic E-state index is -0.769. The van der Waals surface area contributed by atoms with Gasteiger partial charge in [0.25, 0.3) is 11.8 Å². The summed E-state index contributed by atoms with van der Waals surface area (Å²) in [6.45, 7) is 1.90. The number of carbonyl (C=O) groups is 2. The van der Waals surface area contributed by atoms with Gasteiger partial charge in [-0.2, -0.15) is 5.10 Å². The molecule has 1 atom stereocenters. The van der Waals surface area contributed by atoms with E-state index in [2.05, 4.69) is 31.8 Å². The molecule has 0 spiro atoms. The number of hydrogen-bond acceptors (Lipinski definition) is 4. The molecule has 6 nitrogen and oxygen atoms in total. The van der Waals surface area contributed by atoms with E-state index < -0.39 is 11.9 Å². The third kappa shape index (κ3) is 6.75. The molecule has 2 N–H and O–H groups in total. The predicted octanol–water partition coefficient (Wildman–Crippen LogP) is 4.44. The first-order valence-electron chi connectivity index (χ1n) is 9.78. The Balaban J connectivity index is 1.46. The van der Waals surface area contributed by atoms with E-state index >= 15 is 0 Å². The molecule has 164 valence electrons. The van der Waals surface area contributed by atoms with Gasteiger partial charge in [-0.05, 0) is 82.5 Å². The van der Waals surface area contributed by atoms with E-state index in [4.69, 9.17) is 4.74 Å². The fourth-order valence-electron chi connectivity index (χ4n) is 2.65. The van der Waals surface area contributed by atoms with E-state index in [0.29, 0.717) is 22.4 Å². The van der Waals surface area contributed by atoms with E-state index in [9.17, 15) is 14.0 Å². The fourth-order valence-corrected chi connectivity index (χ4v) is 3.11. The van der Waals surface area contributed by atoms with Gasteiger partial charge < -0.3 is 10.1 Å². The largest absolute Gasteiger partial charge is 0.489 e. The molecule has 3 aromatic carbocycles. The highest BCUT2D eigenvalue weighted by Gasteiger charge is 2.17. The Hall–Kier alpha value is -3.52. The molecule has 3 rings (SSSR count). The summed E-state index contributed by atoms with van der Waals surface area (Å²) in [6, 6.07) is 19.4. The van der Waals surface area contributed by atoms with Crippen LogP contribution >= 0.6 is 15.9 Å². The van der Waals surface area contributed by atoms with Crippen LogP contribution in [-0.4, -0.2) is 24.1 Å². The number of nitrogens with one attached hydrogen (secondary N) is 2. The summed E-state index contributed by atoms with van der Waals surface area (Å²) in [7, 11) is 0. The monoisotopic (exact) mass is 497 g/mol. The van der Waals surface area contributed by atoms with Crippen molar-refractivity contribution in [3.8, 4) is 5.75 Å². The molecule has 0 radical (unpaired) electrons. The minimum Gasteiger partial charge on any atom is -0.489 e. The van der Waals surface area contributed by atoms with Gasteiger partial charge in [0.2, 0.25) is 0 Å². The van der Waals surface area contributed by atoms with Gasteiger partial charge in [0.15, 0.2) is 0 Å². The number of carbonyl (C=O) groups excluding carboxylic acids is 2. The molecule has 2 amide bonds. The Morgan fingerprint density at radius 3 is 2.44 bits per heavy atom. The number of ether oxygens (including phenoxy) is 1. The lowest BCUT2D eigenvalue weighted by Crippen LogP contribution is -2.43. The first kappa shape index (κ1) is 23.1. The number of halogens is 2. The van der Waals surface area contributed by atoms with Crippen LogP contribution in [0.4, 0.5) is 4.39 Å². The summed E-state index contributed by atoms with van der Waals surface area (Å²) in [5.41, 5.74) is 4.47. The average Bonchev–Trinajstić information content (AvgIpc) is 2.79. The lowest BCUT2D eigenvalue weighted by Gasteiger charge is -2.12. The number of rotatable bonds is 8. The number of benzene rings is 3. The quantitative estimate of drug-likeness (QED) is 0.356. The standard InChI is InChI=1S/C24H21BrFN3O3/c1-16(28-24(31)21-4-2-3-5-22(21)25)23(30)29-27-14-17-8-12-20(13-9-17)32-15-18-6-10-19(26)11-7-18/h2-14,16H,15H2,1H3,(H,28,31)(H,29,30). The zero-order chi connectivity index (χ0) is 22.9. The molecule has 0 aromatic heterocycles. The summed E-state index contributed by atoms with van der Waals surface area (Å²) in [5, 5.41) is 6.56. The molecule has 0 heterocycles. The average molecular weight is 498 g/mol. The fraction of sp³-hybridized carbons (Fsp3) is 0.125. The minimum absolute atomic E-state index is 0.287. The topological polar surface area (TPSA) is 79.8 Å². The Bertz CT molecular complexity index is 1100. The molecule has 0 saturated heterocycles. The zero-order valence-electron chi connectivity index (χ0n) is 17.2. The maximum Gasteiger partial charge on any atom is 0.262 e. The van der Waals surface area contributed by atoms with Crippen molar-refractivity contribution in [2.24, 2.45) is 5.10 Å². The number of hydrogen-bond donors (Lipinski definition) is 2. The highest BCUT2D eigenvalue weighted by Crippen LogP contribution is 2.16. The second-order valence-corrected chi connectivity index (χ2v) is 7.75. The molecular weight excluding hydrogens is 477 g/mol. The van der Waals surface area contributed by atoms with Gasteiger partial charge in [0.1, 0.15) is 24.2 Å². The molecule has 3 aromatic rings. The molecular formula is C24H21BrFN3O3. The predicted molar refractivity (Wildman–Crippen MR) is 124 cm³/mol. The van der Waals surface area contributed by atoms with Crippen LogP contribution in [0.15, 0.2) is 82.4 Å². The van der Waals surface area contributed by atoms with Crippen LogP contribution in [-0.2, 0) is 11.4 Å². The van der Waals surface area contributed by atoms with Crippen molar-refractivity contribution in [3.05, 3.63) is 99.8 Å². The maximum absolute atomic E-state index is 12.9. The Kier molecular flexibility index (Phi) is 8.10. The lowest BCUT2D eigenvalue weighted by atomic mass is 10.2. The van der Waals surface area contributed by atoms with Crippen molar-refractivity contribution < 1.29 is 18.7 Å². The van der Waals surface area contributed by atoms with Crippen molar-refractivity contribution in [1.82, 2.24) is 10.7 Å². The van der Waals surface area contributed by atoms with Crippen LogP contribution in [0.5, 0.6) is 5.75 Å². The summed E-state index contributed by atoms with van der Waals surface area (Å²) in [4.78, 5) is 24.5. The summed E-state index contributed by atoms with van der Waals surface area (Å²) < 4.78 is 19.2. The van der Waals surface area contributed by atoms with Crippen LogP contribution in [0.3, 0.4) is 0 Å². The smallest absolute Gasteiger partial charge is 0.262 e. The summed E-state index contributed by atoms with van der Waals surface area (Å²) >= 11 is 3.31. The zero-order valence-corrected chi connectivity index (χ0v) is 18.8. The molecule has 0 aliphatic heterocycles. The van der Waals surface area contributed by atoms with Crippen molar-refractivity contribution in [3.63, 3.8) is 0 Å². The molecule has 1 unspecified atom stereocenters. The normalized spacial score (nSPS) is 11.7. The molecule has 0 aliphatic carbocycles. The van der Waals surface area contributed by atoms with E-state index in [1.165, 1.54) is 18.3 Å². The number of hydrazone groups is 1. The highest BCUT2D eigenvalue weighted by molar-refractivity contribution is 9.10. The van der Waals surface area contributed by atoms with Gasteiger partial charge in [-0.3, -0.25) is 9.59 Å². The molecule has 0 saturated carbocycles. The Morgan fingerprint density at radius 1 is 1.06 bits per heavy atom. The summed E-state index contributed by atoms with van der Waals surface area (Å²) in [5.74, 6) is -0.439. The van der Waals surface area contributed by atoms with Gasteiger partial charge in [-0.15, -0.1) is 0 Å². The van der Waals surface area contributed by atoms with Gasteiger partial charge in [0.05, 0.1) is 11.8 Å². The molecule has 8 heteroatoms. The Morgan fingerprint density at radius 2 is 1.75 bits per heavy atom. The third-order valence-electron chi connectivity index (χ3n) is 4.45. The van der Waals surface area contributed by atoms with Gasteiger partial charge in [-0.1, -0.05) is 24.3 Å². The SMILES string of the molecule is CC(NC(=O)c1ccccc1Br)C(=O)NN=Cc1ccc(OCc2ccc(F)cc2)cc1. The summed E-state index contributed by atoms with van der Waals surface area (Å²) in [6.07, 6.45) is 1.49. The number of nitrogens with zero attached hydrogens (tertiary/aromatic N) is 1. The van der Waals surface area contributed by atoms with Crippen LogP contribution in [0.25, 0.3) is 0 Å². The second kappa shape index (κ2) is 11.2. The second-order valence-electron chi connectivity index (χ2n) is 6.89. The van der Waals surface area contributed by atoms with Crippen molar-refractivity contribution in [2.45, 2.75) is 19.6 Å². The maximum atomic E-state index is 12.9. The van der Waals surface area contributed by atoms with Crippen LogP contribution in [0.2, 0.25) is 0 Å². The van der Waals surface area contributed by atoms with Crippen molar-refractivity contribution in [2.75, 3.05) is 0 Å². The van der Waals surface area contributed by atoms with Gasteiger partial charge in [-0.25, -0.2) is 9.82 Å². The third-order valence-corrected chi connectivity index (χ3v) is 5.14. The van der Waals surface area contributed by atoms with Crippen LogP contribution in [0, 0.1) is 5.82 Å². The lowest BCUT2D eigenvalue weighted by molar-refractivity contribution is -0.122. The highest BCUT2D eigenvalue weighted by atomic mass is 79.9. The van der Waals surface area contributed by atoms with E-state index in [1.807, 2.05) is 0 Å². The van der Waals surface area contributed by atoms with Crippen LogP contribution < -0.4 is 15.5 Å². The Labute approximate surface area is 193 Å². The van der Waals surface area contributed by atoms with Crippen molar-refractivity contribution >= 4 is 34.0 Å². The van der Waals surface area contributed by atoms with Gasteiger partial charge >= 0.3 is 0 Å². The van der Waals surface area contributed by atoms with Gasteiger partial charge in [0, 0.05) is 4.47 Å². The van der Waals surface area contributed by atoms with E-state index in [1.54, 1.807) is 67.6 Å². The van der Waals surface area contributed by atoms with Crippen molar-refractivity contribution in [1.29, 1.82) is 0 Å². The van der Waals surface area contributed by atoms with E-state index in [0.717, 1.165) is 11.1 Å². The van der Waals surface area contributed by atoms with E-state index in [-0.39, 0.29) is 11.7 Å². The number of amides is 2. The molecule has 0 aliphatic rings. The molecule has 32 heavy (non-hydrogen) atoms. The van der Waals surface area contributed by atoms with Crippen LogP contribution in [0.1, 0.15) is 28.4 Å². The first-order valence-corrected chi connectivity index (χ1v) is 10.6. The molecule has 0 fully saturated rings.